The van der Waals surface area contributed by atoms with Gasteiger partial charge in [-0.25, -0.2) is 0 Å². The first kappa shape index (κ1) is 19.8. The number of rotatable bonds is 6. The zero-order valence-corrected chi connectivity index (χ0v) is 17.3. The van der Waals surface area contributed by atoms with Gasteiger partial charge in [-0.05, 0) is 23.3 Å². The van der Waals surface area contributed by atoms with Crippen LogP contribution in [0.3, 0.4) is 0 Å². The highest BCUT2D eigenvalue weighted by Gasteiger charge is 2.36. The van der Waals surface area contributed by atoms with Crippen LogP contribution in [0, 0.1) is 11.3 Å². The van der Waals surface area contributed by atoms with E-state index in [9.17, 15) is 5.11 Å². The second-order valence-electron chi connectivity index (χ2n) is 7.58. The topological polar surface area (TPSA) is 44.0 Å². The molecule has 2 atom stereocenters. The van der Waals surface area contributed by atoms with E-state index in [1.165, 1.54) is 5.19 Å². The van der Waals surface area contributed by atoms with Crippen LogP contribution < -0.4 is 5.19 Å². The van der Waals surface area contributed by atoms with Gasteiger partial charge in [-0.1, -0.05) is 96.3 Å². The van der Waals surface area contributed by atoms with E-state index in [0.29, 0.717) is 5.56 Å². The van der Waals surface area contributed by atoms with E-state index in [1.54, 1.807) is 12.1 Å². The molecule has 0 aliphatic rings. The minimum absolute atomic E-state index is 0.212. The van der Waals surface area contributed by atoms with Crippen LogP contribution in [0.4, 0.5) is 0 Å². The standard InChI is InChI=1S/C25H25NOSi/c1-19(28(2,3)23-12-8-5-9-13-23)24(21-10-6-4-7-11-21)25(27)22-16-14-20(18-26)15-17-22/h4-17,24-25,27H,1H2,2-3H3/t24-,25+/m0/s1. The smallest absolute Gasteiger partial charge is 0.107 e. The van der Waals surface area contributed by atoms with Crippen LogP contribution in [0.2, 0.25) is 13.1 Å². The molecule has 0 heterocycles. The van der Waals surface area contributed by atoms with Gasteiger partial charge in [0.2, 0.25) is 0 Å². The molecule has 0 radical (unpaired) electrons. The fourth-order valence-corrected chi connectivity index (χ4v) is 6.11. The highest BCUT2D eigenvalue weighted by molar-refractivity contribution is 6.95. The average Bonchev–Trinajstić information content (AvgIpc) is 2.75. The molecule has 0 saturated heterocycles. The second kappa shape index (κ2) is 8.39. The van der Waals surface area contributed by atoms with Crippen molar-refractivity contribution >= 4 is 13.3 Å². The molecule has 0 unspecified atom stereocenters. The van der Waals surface area contributed by atoms with Gasteiger partial charge in [0.05, 0.1) is 17.7 Å². The maximum atomic E-state index is 11.4. The van der Waals surface area contributed by atoms with Crippen LogP contribution in [-0.4, -0.2) is 13.2 Å². The Kier molecular flexibility index (Phi) is 5.94. The molecule has 3 heteroatoms. The van der Waals surface area contributed by atoms with Gasteiger partial charge in [-0.3, -0.25) is 0 Å². The third-order valence-corrected chi connectivity index (χ3v) is 9.22. The Morgan fingerprint density at radius 2 is 1.39 bits per heavy atom. The van der Waals surface area contributed by atoms with Crippen molar-refractivity contribution in [1.82, 2.24) is 0 Å². The van der Waals surface area contributed by atoms with Crippen molar-refractivity contribution in [3.05, 3.63) is 113 Å². The lowest BCUT2D eigenvalue weighted by atomic mass is 9.88. The SMILES string of the molecule is C=C([C@@H](c1ccccc1)[C@H](O)c1ccc(C#N)cc1)[Si](C)(C)c1ccccc1. The lowest BCUT2D eigenvalue weighted by molar-refractivity contribution is 0.160. The third-order valence-electron chi connectivity index (χ3n) is 5.53. The summed E-state index contributed by atoms with van der Waals surface area (Å²) >= 11 is 0. The van der Waals surface area contributed by atoms with Crippen molar-refractivity contribution < 1.29 is 5.11 Å². The molecule has 3 aromatic carbocycles. The van der Waals surface area contributed by atoms with Crippen LogP contribution >= 0.6 is 0 Å². The number of aliphatic hydroxyl groups is 1. The van der Waals surface area contributed by atoms with E-state index in [1.807, 2.05) is 36.4 Å². The van der Waals surface area contributed by atoms with E-state index in [-0.39, 0.29) is 5.92 Å². The Balaban J connectivity index is 2.04. The second-order valence-corrected chi connectivity index (χ2v) is 12.1. The summed E-state index contributed by atoms with van der Waals surface area (Å²) in [5.74, 6) is -0.212. The molecule has 3 rings (SSSR count). The molecule has 2 nitrogen and oxygen atoms in total. The summed E-state index contributed by atoms with van der Waals surface area (Å²) in [5, 5.41) is 22.8. The van der Waals surface area contributed by atoms with Crippen LogP contribution in [0.15, 0.2) is 96.7 Å². The highest BCUT2D eigenvalue weighted by Crippen LogP contribution is 2.39. The van der Waals surface area contributed by atoms with Gasteiger partial charge in [-0.2, -0.15) is 5.26 Å². The summed E-state index contributed by atoms with van der Waals surface area (Å²) in [6.45, 7) is 9.08. The summed E-state index contributed by atoms with van der Waals surface area (Å²) < 4.78 is 0. The fraction of sp³-hybridized carbons (Fsp3) is 0.160. The lowest BCUT2D eigenvalue weighted by Gasteiger charge is -2.35. The van der Waals surface area contributed by atoms with Crippen LogP contribution in [-0.2, 0) is 0 Å². The summed E-state index contributed by atoms with van der Waals surface area (Å²) in [6.07, 6.45) is -0.724. The Morgan fingerprint density at radius 3 is 1.93 bits per heavy atom. The van der Waals surface area contributed by atoms with E-state index < -0.39 is 14.2 Å². The minimum atomic E-state index is -2.05. The van der Waals surface area contributed by atoms with Gasteiger partial charge in [0, 0.05) is 5.92 Å². The predicted octanol–water partition coefficient (Wildman–Crippen LogP) is 5.09. The first-order valence-electron chi connectivity index (χ1n) is 9.43. The molecule has 140 valence electrons. The molecule has 0 aliphatic heterocycles. The fourth-order valence-electron chi connectivity index (χ4n) is 3.61. The van der Waals surface area contributed by atoms with E-state index in [0.717, 1.165) is 16.3 Å². The molecular formula is C25H25NOSi. The molecule has 0 saturated carbocycles. The predicted molar refractivity (Wildman–Crippen MR) is 118 cm³/mol. The van der Waals surface area contributed by atoms with Gasteiger partial charge < -0.3 is 5.11 Å². The molecule has 0 bridgehead atoms. The number of benzene rings is 3. The average molecular weight is 384 g/mol. The quantitative estimate of drug-likeness (QED) is 0.603. The molecule has 0 aliphatic carbocycles. The molecular weight excluding hydrogens is 358 g/mol. The van der Waals surface area contributed by atoms with Crippen LogP contribution in [0.5, 0.6) is 0 Å². The van der Waals surface area contributed by atoms with Gasteiger partial charge in [0.25, 0.3) is 0 Å². The summed E-state index contributed by atoms with van der Waals surface area (Å²) in [4.78, 5) is 0. The normalized spacial score (nSPS) is 13.4. The summed E-state index contributed by atoms with van der Waals surface area (Å²) in [7, 11) is -2.05. The van der Waals surface area contributed by atoms with Crippen LogP contribution in [0.25, 0.3) is 0 Å². The molecule has 3 aromatic rings. The molecule has 0 fully saturated rings. The number of nitriles is 1. The molecule has 28 heavy (non-hydrogen) atoms. The maximum Gasteiger partial charge on any atom is 0.107 e. The van der Waals surface area contributed by atoms with Crippen molar-refractivity contribution in [2.75, 3.05) is 0 Å². The third kappa shape index (κ3) is 3.99. The number of nitrogens with zero attached hydrogens (tertiary/aromatic N) is 1. The minimum Gasteiger partial charge on any atom is -0.387 e. The highest BCUT2D eigenvalue weighted by atomic mass is 28.3. The van der Waals surface area contributed by atoms with Gasteiger partial charge >= 0.3 is 0 Å². The largest absolute Gasteiger partial charge is 0.387 e. The van der Waals surface area contributed by atoms with Gasteiger partial charge in [0.1, 0.15) is 8.07 Å². The molecule has 1 N–H and O–H groups in total. The maximum absolute atomic E-state index is 11.4. The van der Waals surface area contributed by atoms with Crippen molar-refractivity contribution in [3.8, 4) is 6.07 Å². The first-order valence-corrected chi connectivity index (χ1v) is 12.4. The Bertz CT molecular complexity index is 973. The first-order chi connectivity index (χ1) is 13.4. The molecule has 0 spiro atoms. The Labute approximate surface area is 168 Å². The number of aliphatic hydroxyl groups excluding tert-OH is 1. The Morgan fingerprint density at radius 1 is 0.857 bits per heavy atom. The Hall–Kier alpha value is -2.93. The van der Waals surface area contributed by atoms with Crippen molar-refractivity contribution in [2.24, 2.45) is 0 Å². The van der Waals surface area contributed by atoms with E-state index in [4.69, 9.17) is 5.26 Å². The van der Waals surface area contributed by atoms with Gasteiger partial charge in [-0.15, -0.1) is 6.58 Å². The summed E-state index contributed by atoms with van der Waals surface area (Å²) in [6, 6.07) is 29.9. The lowest BCUT2D eigenvalue weighted by Crippen LogP contribution is -2.46. The van der Waals surface area contributed by atoms with Crippen molar-refractivity contribution in [3.63, 3.8) is 0 Å². The van der Waals surface area contributed by atoms with Gasteiger partial charge in [0.15, 0.2) is 0 Å². The van der Waals surface area contributed by atoms with Crippen LogP contribution in [0.1, 0.15) is 28.7 Å². The number of hydrogen-bond donors (Lipinski definition) is 1. The molecule has 0 amide bonds. The zero-order chi connectivity index (χ0) is 20.1. The van der Waals surface area contributed by atoms with Crippen molar-refractivity contribution in [2.45, 2.75) is 25.1 Å². The molecule has 0 aromatic heterocycles. The summed E-state index contributed by atoms with van der Waals surface area (Å²) in [5.41, 5.74) is 2.44. The zero-order valence-electron chi connectivity index (χ0n) is 16.3. The number of hydrogen-bond acceptors (Lipinski definition) is 2. The van der Waals surface area contributed by atoms with E-state index in [2.05, 4.69) is 62.1 Å². The van der Waals surface area contributed by atoms with Crippen molar-refractivity contribution in [1.29, 1.82) is 5.26 Å². The monoisotopic (exact) mass is 383 g/mol. The van der Waals surface area contributed by atoms with E-state index >= 15 is 0 Å².